The molecule has 2 heterocycles. The Morgan fingerprint density at radius 1 is 1.48 bits per heavy atom. The molecule has 6 nitrogen and oxygen atoms in total. The lowest BCUT2D eigenvalue weighted by molar-refractivity contribution is -0.119. The molecule has 2 N–H and O–H groups in total. The van der Waals surface area contributed by atoms with E-state index in [1.807, 2.05) is 25.2 Å². The SMILES string of the molecule is CN(C)c1ncc2c(n1)C1(CCCN(CC(N)=O)C1)CC2. The molecule has 114 valence electrons. The zero-order chi connectivity index (χ0) is 15.0. The number of rotatable bonds is 3. The number of nitrogens with zero attached hydrogens (tertiary/aromatic N) is 4. The third kappa shape index (κ3) is 2.60. The number of amides is 1. The van der Waals surface area contributed by atoms with E-state index in [0.29, 0.717) is 6.54 Å². The maximum atomic E-state index is 11.2. The summed E-state index contributed by atoms with van der Waals surface area (Å²) in [6.45, 7) is 2.18. The van der Waals surface area contributed by atoms with Crippen LogP contribution in [0.3, 0.4) is 0 Å². The molecule has 6 heteroatoms. The monoisotopic (exact) mass is 289 g/mol. The minimum atomic E-state index is -0.248. The minimum Gasteiger partial charge on any atom is -0.369 e. The summed E-state index contributed by atoms with van der Waals surface area (Å²) in [5, 5.41) is 0. The van der Waals surface area contributed by atoms with Gasteiger partial charge in [-0.15, -0.1) is 0 Å². The summed E-state index contributed by atoms with van der Waals surface area (Å²) in [7, 11) is 3.92. The molecule has 1 aromatic heterocycles. The van der Waals surface area contributed by atoms with Gasteiger partial charge in [0.25, 0.3) is 0 Å². The van der Waals surface area contributed by atoms with Crippen LogP contribution in [0.25, 0.3) is 0 Å². The van der Waals surface area contributed by atoms with Crippen molar-refractivity contribution in [3.63, 3.8) is 0 Å². The van der Waals surface area contributed by atoms with Gasteiger partial charge in [0.05, 0.1) is 12.2 Å². The molecule has 1 saturated heterocycles. The van der Waals surface area contributed by atoms with Crippen molar-refractivity contribution in [2.75, 3.05) is 38.6 Å². The zero-order valence-corrected chi connectivity index (χ0v) is 12.8. The van der Waals surface area contributed by atoms with Gasteiger partial charge in [-0.25, -0.2) is 9.97 Å². The third-order valence-corrected chi connectivity index (χ3v) is 4.66. The lowest BCUT2D eigenvalue weighted by atomic mass is 9.77. The third-order valence-electron chi connectivity index (χ3n) is 4.66. The number of carbonyl (C=O) groups is 1. The first-order chi connectivity index (χ1) is 10.00. The van der Waals surface area contributed by atoms with E-state index in [1.165, 1.54) is 11.3 Å². The van der Waals surface area contributed by atoms with Crippen LogP contribution in [0.15, 0.2) is 6.20 Å². The highest BCUT2D eigenvalue weighted by Crippen LogP contribution is 2.44. The normalized spacial score (nSPS) is 25.0. The van der Waals surface area contributed by atoms with Gasteiger partial charge in [0.1, 0.15) is 0 Å². The molecule has 0 aromatic carbocycles. The number of carbonyl (C=O) groups excluding carboxylic acids is 1. The van der Waals surface area contributed by atoms with Crippen molar-refractivity contribution in [2.24, 2.45) is 5.73 Å². The average Bonchev–Trinajstić information content (AvgIpc) is 2.76. The van der Waals surface area contributed by atoms with Crippen LogP contribution >= 0.6 is 0 Å². The van der Waals surface area contributed by atoms with Gasteiger partial charge in [-0.1, -0.05) is 0 Å². The Morgan fingerprint density at radius 3 is 3.00 bits per heavy atom. The van der Waals surface area contributed by atoms with Crippen LogP contribution in [-0.2, 0) is 16.6 Å². The van der Waals surface area contributed by atoms with Gasteiger partial charge >= 0.3 is 0 Å². The van der Waals surface area contributed by atoms with Crippen molar-refractivity contribution >= 4 is 11.9 Å². The molecule has 1 amide bonds. The van der Waals surface area contributed by atoms with Crippen LogP contribution in [0.4, 0.5) is 5.95 Å². The number of fused-ring (bicyclic) bond motifs is 2. The molecular formula is C15H23N5O. The van der Waals surface area contributed by atoms with E-state index in [2.05, 4.69) is 9.88 Å². The predicted octanol–water partition coefficient (Wildman–Crippen LogP) is 0.308. The van der Waals surface area contributed by atoms with Crippen LogP contribution < -0.4 is 10.6 Å². The Bertz CT molecular complexity index is 555. The summed E-state index contributed by atoms with van der Waals surface area (Å²) in [6, 6.07) is 0. The smallest absolute Gasteiger partial charge is 0.231 e. The topological polar surface area (TPSA) is 75.3 Å². The number of primary amides is 1. The molecule has 1 aromatic rings. The van der Waals surface area contributed by atoms with Crippen LogP contribution in [-0.4, -0.2) is 54.5 Å². The number of aromatic nitrogens is 2. The molecule has 21 heavy (non-hydrogen) atoms. The van der Waals surface area contributed by atoms with Gasteiger partial charge in [0.15, 0.2) is 0 Å². The Balaban J connectivity index is 1.90. The number of anilines is 1. The van der Waals surface area contributed by atoms with E-state index in [9.17, 15) is 4.79 Å². The Hall–Kier alpha value is -1.69. The average molecular weight is 289 g/mol. The van der Waals surface area contributed by atoms with Crippen molar-refractivity contribution in [3.8, 4) is 0 Å². The maximum absolute atomic E-state index is 11.2. The summed E-state index contributed by atoms with van der Waals surface area (Å²) in [4.78, 5) is 24.6. The molecule has 1 aliphatic carbocycles. The lowest BCUT2D eigenvalue weighted by Gasteiger charge is -2.40. The summed E-state index contributed by atoms with van der Waals surface area (Å²) in [5.41, 5.74) is 7.89. The highest BCUT2D eigenvalue weighted by molar-refractivity contribution is 5.75. The van der Waals surface area contributed by atoms with Crippen LogP contribution in [0.1, 0.15) is 30.5 Å². The second kappa shape index (κ2) is 5.26. The fourth-order valence-corrected chi connectivity index (χ4v) is 3.73. The van der Waals surface area contributed by atoms with E-state index in [0.717, 1.165) is 44.7 Å². The zero-order valence-electron chi connectivity index (χ0n) is 12.8. The van der Waals surface area contributed by atoms with E-state index < -0.39 is 0 Å². The Labute approximate surface area is 125 Å². The summed E-state index contributed by atoms with van der Waals surface area (Å²) in [5.74, 6) is 0.518. The van der Waals surface area contributed by atoms with Gasteiger partial charge in [-0.2, -0.15) is 0 Å². The molecular weight excluding hydrogens is 266 g/mol. The molecule has 1 unspecified atom stereocenters. The van der Waals surface area contributed by atoms with Gasteiger partial charge in [-0.3, -0.25) is 9.69 Å². The van der Waals surface area contributed by atoms with Gasteiger partial charge in [0, 0.05) is 32.3 Å². The second-order valence-electron chi connectivity index (χ2n) is 6.50. The number of hydrogen-bond donors (Lipinski definition) is 1. The highest BCUT2D eigenvalue weighted by atomic mass is 16.1. The molecule has 1 spiro atoms. The molecule has 1 fully saturated rings. The quantitative estimate of drug-likeness (QED) is 0.866. The number of likely N-dealkylation sites (tertiary alicyclic amines) is 1. The predicted molar refractivity (Wildman–Crippen MR) is 81.2 cm³/mol. The van der Waals surface area contributed by atoms with Crippen LogP contribution in [0.2, 0.25) is 0 Å². The van der Waals surface area contributed by atoms with Crippen molar-refractivity contribution < 1.29 is 4.79 Å². The van der Waals surface area contributed by atoms with Crippen molar-refractivity contribution in [3.05, 3.63) is 17.5 Å². The van der Waals surface area contributed by atoms with E-state index in [1.54, 1.807) is 0 Å². The molecule has 1 atom stereocenters. The van der Waals surface area contributed by atoms with Crippen LogP contribution in [0.5, 0.6) is 0 Å². The summed E-state index contributed by atoms with van der Waals surface area (Å²) in [6.07, 6.45) is 6.34. The molecule has 0 radical (unpaired) electrons. The fraction of sp³-hybridized carbons (Fsp3) is 0.667. The minimum absolute atomic E-state index is 0.0801. The van der Waals surface area contributed by atoms with Crippen molar-refractivity contribution in [1.29, 1.82) is 0 Å². The van der Waals surface area contributed by atoms with Gasteiger partial charge < -0.3 is 10.6 Å². The Kier molecular flexibility index (Phi) is 3.57. The largest absolute Gasteiger partial charge is 0.369 e. The number of nitrogens with two attached hydrogens (primary N) is 1. The molecule has 1 aliphatic heterocycles. The van der Waals surface area contributed by atoms with E-state index in [-0.39, 0.29) is 11.3 Å². The van der Waals surface area contributed by atoms with Gasteiger partial charge in [0.2, 0.25) is 11.9 Å². The van der Waals surface area contributed by atoms with Crippen molar-refractivity contribution in [1.82, 2.24) is 14.9 Å². The summed E-state index contributed by atoms with van der Waals surface area (Å²) >= 11 is 0. The van der Waals surface area contributed by atoms with E-state index >= 15 is 0 Å². The highest BCUT2D eigenvalue weighted by Gasteiger charge is 2.43. The molecule has 0 bridgehead atoms. The number of aryl methyl sites for hydroxylation is 1. The van der Waals surface area contributed by atoms with Crippen molar-refractivity contribution in [2.45, 2.75) is 31.1 Å². The first-order valence-corrected chi connectivity index (χ1v) is 7.54. The molecule has 3 rings (SSSR count). The lowest BCUT2D eigenvalue weighted by Crippen LogP contribution is -2.48. The first kappa shape index (κ1) is 14.3. The molecule has 2 aliphatic rings. The standard InChI is InChI=1S/C15H23N5O/c1-19(2)14-17-8-11-4-6-15(13(11)18-14)5-3-7-20(10-15)9-12(16)21/h8H,3-7,9-10H2,1-2H3,(H2,16,21). The second-order valence-corrected chi connectivity index (χ2v) is 6.50. The van der Waals surface area contributed by atoms with Gasteiger partial charge in [-0.05, 0) is 37.8 Å². The number of hydrogen-bond acceptors (Lipinski definition) is 5. The maximum Gasteiger partial charge on any atom is 0.231 e. The van der Waals surface area contributed by atoms with Crippen LogP contribution in [0, 0.1) is 0 Å². The number of piperidine rings is 1. The first-order valence-electron chi connectivity index (χ1n) is 7.54. The molecule has 0 saturated carbocycles. The van der Waals surface area contributed by atoms with E-state index in [4.69, 9.17) is 10.7 Å². The Morgan fingerprint density at radius 2 is 2.29 bits per heavy atom. The summed E-state index contributed by atoms with van der Waals surface area (Å²) < 4.78 is 0. The fourth-order valence-electron chi connectivity index (χ4n) is 3.73.